The minimum Gasteiger partial charge on any atom is -1.00 e. The van der Waals surface area contributed by atoms with Crippen LogP contribution in [-0.2, 0) is 13.0 Å². The van der Waals surface area contributed by atoms with E-state index in [9.17, 15) is 14.9 Å². The molecule has 4 aromatic rings. The summed E-state index contributed by atoms with van der Waals surface area (Å²) < 4.78 is 23.7. The zero-order valence-electron chi connectivity index (χ0n) is 21.4. The van der Waals surface area contributed by atoms with E-state index >= 15 is 0 Å². The maximum absolute atomic E-state index is 13.2. The molecule has 0 saturated heterocycles. The number of hydrogen-bond acceptors (Lipinski definition) is 7. The highest BCUT2D eigenvalue weighted by molar-refractivity contribution is 5.96. The number of pyridine rings is 1. The van der Waals surface area contributed by atoms with Crippen molar-refractivity contribution >= 4 is 22.2 Å². The van der Waals surface area contributed by atoms with Crippen molar-refractivity contribution in [3.05, 3.63) is 93.8 Å². The minimum absolute atomic E-state index is 0. The summed E-state index contributed by atoms with van der Waals surface area (Å²) in [6.45, 7) is -0.00588. The van der Waals surface area contributed by atoms with Crippen LogP contribution in [0, 0.1) is 10.1 Å². The van der Waals surface area contributed by atoms with Crippen molar-refractivity contribution in [3.8, 4) is 23.0 Å². The number of nitro benzene ring substituents is 1. The Morgan fingerprint density at radius 2 is 1.50 bits per heavy atom. The molecule has 4 rings (SSSR count). The molecule has 38 heavy (non-hydrogen) atoms. The summed E-state index contributed by atoms with van der Waals surface area (Å²) in [5, 5.41) is 13.0. The Balaban J connectivity index is 0.00000400. The third kappa shape index (κ3) is 5.86. The molecule has 0 aliphatic heterocycles. The molecule has 0 bridgehead atoms. The van der Waals surface area contributed by atoms with Crippen LogP contribution in [0.1, 0.15) is 21.6 Å². The first-order valence-corrected chi connectivity index (χ1v) is 11.4. The Labute approximate surface area is 230 Å². The molecule has 0 unspecified atom stereocenters. The van der Waals surface area contributed by atoms with Crippen molar-refractivity contribution in [2.75, 3.05) is 28.4 Å². The molecule has 10 heteroatoms. The van der Waals surface area contributed by atoms with Gasteiger partial charge >= 0.3 is 0 Å². The van der Waals surface area contributed by atoms with Crippen LogP contribution in [0.3, 0.4) is 0 Å². The SMILES string of the molecule is COc1ccc(Cc2c3cc(OC)c(OC)cc3cc[n+]2CC(=O)c2cccc([N+](=O)[O-])c2)cc1OC.[Br-]. The summed E-state index contributed by atoms with van der Waals surface area (Å²) in [7, 11) is 6.31. The van der Waals surface area contributed by atoms with Gasteiger partial charge in [-0.2, -0.15) is 4.57 Å². The molecule has 0 aliphatic rings. The fraction of sp³-hybridized carbons (Fsp3) is 0.214. The van der Waals surface area contributed by atoms with Gasteiger partial charge in [0.1, 0.15) is 0 Å². The van der Waals surface area contributed by atoms with Crippen LogP contribution in [0.4, 0.5) is 5.69 Å². The monoisotopic (exact) mass is 582 g/mol. The van der Waals surface area contributed by atoms with Gasteiger partial charge in [-0.3, -0.25) is 14.9 Å². The molecular weight excluding hydrogens is 556 g/mol. The van der Waals surface area contributed by atoms with Gasteiger partial charge in [-0.1, -0.05) is 18.2 Å². The molecule has 0 saturated carbocycles. The Morgan fingerprint density at radius 3 is 2.16 bits per heavy atom. The van der Waals surface area contributed by atoms with Crippen molar-refractivity contribution in [2.24, 2.45) is 0 Å². The first-order valence-electron chi connectivity index (χ1n) is 11.4. The molecule has 0 amide bonds. The van der Waals surface area contributed by atoms with E-state index in [0.29, 0.717) is 29.4 Å². The van der Waals surface area contributed by atoms with Crippen molar-refractivity contribution in [1.82, 2.24) is 0 Å². The number of Topliss-reactive ketones (excluding diaryl/α,β-unsaturated/α-hetero) is 1. The van der Waals surface area contributed by atoms with Crippen LogP contribution in [-0.4, -0.2) is 39.1 Å². The summed E-state index contributed by atoms with van der Waals surface area (Å²) in [6, 6.07) is 17.1. The lowest BCUT2D eigenvalue weighted by Gasteiger charge is -2.13. The average Bonchev–Trinajstić information content (AvgIpc) is 2.93. The molecular formula is C28H27BrN2O7. The first kappa shape index (κ1) is 28.4. The highest BCUT2D eigenvalue weighted by Crippen LogP contribution is 2.34. The fourth-order valence-electron chi connectivity index (χ4n) is 4.27. The van der Waals surface area contributed by atoms with E-state index in [4.69, 9.17) is 18.9 Å². The number of carbonyl (C=O) groups is 1. The summed E-state index contributed by atoms with van der Waals surface area (Å²) in [5.41, 5.74) is 1.93. The van der Waals surface area contributed by atoms with E-state index in [-0.39, 0.29) is 40.6 Å². The van der Waals surface area contributed by atoms with Crippen LogP contribution in [0.25, 0.3) is 10.8 Å². The number of hydrogen-bond donors (Lipinski definition) is 0. The Kier molecular flexibility index (Phi) is 9.25. The van der Waals surface area contributed by atoms with Crippen LogP contribution >= 0.6 is 0 Å². The molecule has 0 N–H and O–H groups in total. The number of nitrogens with zero attached hydrogens (tertiary/aromatic N) is 2. The topological polar surface area (TPSA) is 101 Å². The molecule has 0 fully saturated rings. The summed E-state index contributed by atoms with van der Waals surface area (Å²) in [6.07, 6.45) is 2.30. The van der Waals surface area contributed by atoms with E-state index in [2.05, 4.69) is 0 Å². The van der Waals surface area contributed by atoms with Crippen molar-refractivity contribution in [2.45, 2.75) is 13.0 Å². The van der Waals surface area contributed by atoms with Crippen LogP contribution in [0.5, 0.6) is 23.0 Å². The van der Waals surface area contributed by atoms with Crippen LogP contribution in [0.15, 0.2) is 66.9 Å². The number of methoxy groups -OCH3 is 4. The van der Waals surface area contributed by atoms with Gasteiger partial charge in [0, 0.05) is 23.8 Å². The molecule has 0 aliphatic carbocycles. The van der Waals surface area contributed by atoms with Crippen LogP contribution in [0.2, 0.25) is 0 Å². The van der Waals surface area contributed by atoms with Gasteiger partial charge in [-0.25, -0.2) is 0 Å². The Hall–Kier alpha value is -4.18. The van der Waals surface area contributed by atoms with Gasteiger partial charge in [0.2, 0.25) is 12.3 Å². The van der Waals surface area contributed by atoms with Gasteiger partial charge < -0.3 is 35.9 Å². The number of halogens is 1. The van der Waals surface area contributed by atoms with Crippen LogP contribution < -0.4 is 40.5 Å². The number of benzene rings is 3. The van der Waals surface area contributed by atoms with Gasteiger partial charge in [0.15, 0.2) is 34.9 Å². The lowest BCUT2D eigenvalue weighted by Crippen LogP contribution is -3.00. The lowest BCUT2D eigenvalue weighted by atomic mass is 10.0. The quantitative estimate of drug-likeness (QED) is 0.121. The second-order valence-electron chi connectivity index (χ2n) is 8.28. The maximum atomic E-state index is 13.2. The van der Waals surface area contributed by atoms with E-state index in [1.807, 2.05) is 47.2 Å². The summed E-state index contributed by atoms with van der Waals surface area (Å²) >= 11 is 0. The van der Waals surface area contributed by atoms with Gasteiger partial charge in [-0.15, -0.1) is 0 Å². The highest BCUT2D eigenvalue weighted by atomic mass is 79.9. The summed E-state index contributed by atoms with van der Waals surface area (Å²) in [4.78, 5) is 23.9. The van der Waals surface area contributed by atoms with E-state index in [1.165, 1.54) is 18.2 Å². The lowest BCUT2D eigenvalue weighted by molar-refractivity contribution is -0.688. The van der Waals surface area contributed by atoms with Gasteiger partial charge in [0.05, 0.1) is 45.2 Å². The van der Waals surface area contributed by atoms with Crippen molar-refractivity contribution in [1.29, 1.82) is 0 Å². The highest BCUT2D eigenvalue weighted by Gasteiger charge is 2.23. The fourth-order valence-corrected chi connectivity index (χ4v) is 4.27. The molecule has 3 aromatic carbocycles. The zero-order valence-corrected chi connectivity index (χ0v) is 23.0. The maximum Gasteiger partial charge on any atom is 0.270 e. The van der Waals surface area contributed by atoms with Crippen molar-refractivity contribution in [3.63, 3.8) is 0 Å². The number of rotatable bonds is 10. The normalized spacial score (nSPS) is 10.4. The summed E-state index contributed by atoms with van der Waals surface area (Å²) in [5.74, 6) is 2.12. The van der Waals surface area contributed by atoms with E-state index < -0.39 is 4.92 Å². The van der Waals surface area contributed by atoms with Gasteiger partial charge in [0.25, 0.3) is 5.69 Å². The first-order chi connectivity index (χ1) is 17.9. The average molecular weight is 583 g/mol. The Morgan fingerprint density at radius 1 is 0.842 bits per heavy atom. The number of fused-ring (bicyclic) bond motifs is 1. The third-order valence-electron chi connectivity index (χ3n) is 6.16. The van der Waals surface area contributed by atoms with Crippen molar-refractivity contribution < 1.29 is 50.2 Å². The number of aromatic nitrogens is 1. The zero-order chi connectivity index (χ0) is 26.5. The predicted octanol–water partition coefficient (Wildman–Crippen LogP) is 1.55. The molecule has 1 heterocycles. The molecule has 1 aromatic heterocycles. The molecule has 0 atom stereocenters. The second kappa shape index (κ2) is 12.4. The third-order valence-corrected chi connectivity index (χ3v) is 6.16. The minimum atomic E-state index is -0.512. The number of ether oxygens (including phenoxy) is 4. The second-order valence-corrected chi connectivity index (χ2v) is 8.28. The van der Waals surface area contributed by atoms with E-state index in [1.54, 1.807) is 34.5 Å². The Bertz CT molecular complexity index is 1490. The largest absolute Gasteiger partial charge is 1.00 e. The standard InChI is InChI=1S/C28H27N2O7.BrH/c1-34-25-9-8-18(13-26(25)35-2)12-23-22-16-28(37-4)27(36-3)15-19(22)10-11-29(23)17-24(31)20-6-5-7-21(14-20)30(32)33;/h5-11,13-16H,12,17H2,1-4H3;1H/q+1;/p-1. The van der Waals surface area contributed by atoms with E-state index in [0.717, 1.165) is 22.0 Å². The molecule has 0 spiro atoms. The molecule has 198 valence electrons. The molecule has 0 radical (unpaired) electrons. The smallest absolute Gasteiger partial charge is 0.270 e. The van der Waals surface area contributed by atoms with Gasteiger partial charge in [-0.05, 0) is 35.2 Å². The predicted molar refractivity (Wildman–Crippen MR) is 137 cm³/mol. The number of carbonyl (C=O) groups excluding carboxylic acids is 1. The number of non-ortho nitro benzene ring substituents is 1. The molecule has 9 nitrogen and oxygen atoms in total. The number of ketones is 1. The number of nitro groups is 1.